The molecule has 0 radical (unpaired) electrons. The summed E-state index contributed by atoms with van der Waals surface area (Å²) in [6.07, 6.45) is 9.57. The highest BCUT2D eigenvalue weighted by Gasteiger charge is 2.26. The van der Waals surface area contributed by atoms with Crippen LogP contribution in [0.3, 0.4) is 0 Å². The highest BCUT2D eigenvalue weighted by Crippen LogP contribution is 2.29. The Morgan fingerprint density at radius 3 is 2.34 bits per heavy atom. The first-order valence-electron chi connectivity index (χ1n) is 10.3. The Morgan fingerprint density at radius 1 is 0.931 bits per heavy atom. The fourth-order valence-electron chi connectivity index (χ4n) is 4.16. The molecule has 0 atom stereocenters. The predicted molar refractivity (Wildman–Crippen MR) is 116 cm³/mol. The van der Waals surface area contributed by atoms with Gasteiger partial charge in [0.25, 0.3) is 11.7 Å². The van der Waals surface area contributed by atoms with Crippen LogP contribution in [0.2, 0.25) is 5.02 Å². The van der Waals surface area contributed by atoms with E-state index in [0.717, 1.165) is 42.3 Å². The molecule has 1 aliphatic rings. The van der Waals surface area contributed by atoms with Crippen molar-refractivity contribution in [2.75, 3.05) is 0 Å². The van der Waals surface area contributed by atoms with Crippen LogP contribution >= 0.6 is 11.6 Å². The Morgan fingerprint density at radius 2 is 1.62 bits per heavy atom. The number of rotatable bonds is 4. The average molecular weight is 409 g/mol. The molecule has 3 aromatic rings. The second kappa shape index (κ2) is 8.83. The molecule has 0 aliphatic heterocycles. The summed E-state index contributed by atoms with van der Waals surface area (Å²) >= 11 is 6.03. The number of carbonyl (C=O) groups excluding carboxylic acids is 2. The number of nitrogens with one attached hydrogen (secondary N) is 1. The molecule has 5 heteroatoms. The van der Waals surface area contributed by atoms with Gasteiger partial charge in [-0.1, -0.05) is 61.9 Å². The summed E-state index contributed by atoms with van der Waals surface area (Å²) < 4.78 is 1.80. The zero-order valence-electron chi connectivity index (χ0n) is 16.4. The van der Waals surface area contributed by atoms with E-state index in [1.54, 1.807) is 16.5 Å². The number of carbonyl (C=O) groups is 2. The fourth-order valence-corrected chi connectivity index (χ4v) is 4.29. The van der Waals surface area contributed by atoms with Crippen molar-refractivity contribution in [3.63, 3.8) is 0 Å². The number of nitrogens with zero attached hydrogens (tertiary/aromatic N) is 1. The monoisotopic (exact) mass is 408 g/mol. The third-order valence-electron chi connectivity index (χ3n) is 5.70. The SMILES string of the molecule is O=C(NC1CCCCCCC1)C(=O)c1c(-c2ccc(Cl)cc2)cc2ccccn12. The van der Waals surface area contributed by atoms with Crippen LogP contribution in [0.15, 0.2) is 54.7 Å². The van der Waals surface area contributed by atoms with Gasteiger partial charge in [-0.3, -0.25) is 9.59 Å². The summed E-state index contributed by atoms with van der Waals surface area (Å²) in [7, 11) is 0. The molecule has 1 aliphatic carbocycles. The summed E-state index contributed by atoms with van der Waals surface area (Å²) in [5, 5.41) is 3.64. The van der Waals surface area contributed by atoms with Crippen LogP contribution in [0.4, 0.5) is 0 Å². The van der Waals surface area contributed by atoms with Gasteiger partial charge >= 0.3 is 0 Å². The molecule has 4 rings (SSSR count). The number of halogens is 1. The number of hydrogen-bond donors (Lipinski definition) is 1. The van der Waals surface area contributed by atoms with Crippen molar-refractivity contribution in [2.24, 2.45) is 0 Å². The van der Waals surface area contributed by atoms with Gasteiger partial charge in [-0.2, -0.15) is 0 Å². The minimum Gasteiger partial charge on any atom is -0.346 e. The maximum atomic E-state index is 13.2. The van der Waals surface area contributed by atoms with Crippen molar-refractivity contribution in [3.05, 3.63) is 65.4 Å². The van der Waals surface area contributed by atoms with Gasteiger partial charge in [-0.05, 0) is 48.7 Å². The Labute approximate surface area is 175 Å². The van der Waals surface area contributed by atoms with Crippen molar-refractivity contribution < 1.29 is 9.59 Å². The zero-order valence-corrected chi connectivity index (χ0v) is 17.1. The second-order valence-electron chi connectivity index (χ2n) is 7.75. The smallest absolute Gasteiger partial charge is 0.294 e. The minimum absolute atomic E-state index is 0.0805. The van der Waals surface area contributed by atoms with Crippen LogP contribution in [0.5, 0.6) is 0 Å². The molecule has 0 saturated heterocycles. The number of aromatic nitrogens is 1. The van der Waals surface area contributed by atoms with Crippen LogP contribution in [0.25, 0.3) is 16.6 Å². The van der Waals surface area contributed by atoms with Crippen molar-refractivity contribution in [2.45, 2.75) is 51.0 Å². The molecule has 1 amide bonds. The van der Waals surface area contributed by atoms with E-state index in [-0.39, 0.29) is 6.04 Å². The molecule has 2 aromatic heterocycles. The summed E-state index contributed by atoms with van der Waals surface area (Å²) in [6.45, 7) is 0. The Balaban J connectivity index is 1.66. The van der Waals surface area contributed by atoms with E-state index in [0.29, 0.717) is 10.7 Å². The topological polar surface area (TPSA) is 50.6 Å². The fraction of sp³-hybridized carbons (Fsp3) is 0.333. The van der Waals surface area contributed by atoms with Crippen molar-refractivity contribution in [1.29, 1.82) is 0 Å². The summed E-state index contributed by atoms with van der Waals surface area (Å²) in [6, 6.07) is 15.1. The molecule has 0 bridgehead atoms. The average Bonchev–Trinajstić information content (AvgIpc) is 3.09. The molecule has 1 saturated carbocycles. The van der Waals surface area contributed by atoms with Gasteiger partial charge in [-0.25, -0.2) is 0 Å². The van der Waals surface area contributed by atoms with E-state index in [2.05, 4.69) is 5.32 Å². The molecule has 4 nitrogen and oxygen atoms in total. The Kier molecular flexibility index (Phi) is 6.00. The number of benzene rings is 1. The zero-order chi connectivity index (χ0) is 20.2. The Hall–Kier alpha value is -2.59. The number of amides is 1. The third-order valence-corrected chi connectivity index (χ3v) is 5.95. The van der Waals surface area contributed by atoms with E-state index < -0.39 is 11.7 Å². The normalized spacial score (nSPS) is 15.6. The van der Waals surface area contributed by atoms with Gasteiger partial charge in [-0.15, -0.1) is 0 Å². The quantitative estimate of drug-likeness (QED) is 0.446. The molecule has 1 aromatic carbocycles. The molecular formula is C24H25ClN2O2. The molecule has 29 heavy (non-hydrogen) atoms. The lowest BCUT2D eigenvalue weighted by Crippen LogP contribution is -2.40. The van der Waals surface area contributed by atoms with E-state index >= 15 is 0 Å². The maximum absolute atomic E-state index is 13.2. The first kappa shape index (κ1) is 19.7. The van der Waals surface area contributed by atoms with Crippen molar-refractivity contribution in [1.82, 2.24) is 9.72 Å². The van der Waals surface area contributed by atoms with Crippen LogP contribution in [0.1, 0.15) is 55.4 Å². The van der Waals surface area contributed by atoms with E-state index in [4.69, 9.17) is 11.6 Å². The summed E-state index contributed by atoms with van der Waals surface area (Å²) in [4.78, 5) is 26.1. The Bertz CT molecular complexity index is 1020. The van der Waals surface area contributed by atoms with Gasteiger partial charge in [0.2, 0.25) is 0 Å². The second-order valence-corrected chi connectivity index (χ2v) is 8.19. The van der Waals surface area contributed by atoms with Crippen molar-refractivity contribution >= 4 is 28.8 Å². The standard InChI is InChI=1S/C24H25ClN2O2/c25-18-13-11-17(12-14-18)21-16-20-10-6-7-15-27(20)22(21)23(28)24(29)26-19-8-4-2-1-3-5-9-19/h6-7,10-16,19H,1-5,8-9H2,(H,26,29). The van der Waals surface area contributed by atoms with Gasteiger partial charge in [0, 0.05) is 28.3 Å². The largest absolute Gasteiger partial charge is 0.346 e. The van der Waals surface area contributed by atoms with Crippen LogP contribution in [-0.4, -0.2) is 22.1 Å². The molecular weight excluding hydrogens is 384 g/mol. The molecule has 1 fully saturated rings. The summed E-state index contributed by atoms with van der Waals surface area (Å²) in [5.41, 5.74) is 2.87. The van der Waals surface area contributed by atoms with Gasteiger partial charge in [0.15, 0.2) is 0 Å². The number of fused-ring (bicyclic) bond motifs is 1. The lowest BCUT2D eigenvalue weighted by molar-refractivity contribution is -0.117. The van der Waals surface area contributed by atoms with E-state index in [9.17, 15) is 9.59 Å². The minimum atomic E-state index is -0.519. The number of pyridine rings is 1. The molecule has 1 N–H and O–H groups in total. The number of Topliss-reactive ketones (excluding diaryl/α,β-unsaturated/α-hetero) is 1. The van der Waals surface area contributed by atoms with Gasteiger partial charge < -0.3 is 9.72 Å². The first-order valence-corrected chi connectivity index (χ1v) is 10.7. The maximum Gasteiger partial charge on any atom is 0.294 e. The lowest BCUT2D eigenvalue weighted by Gasteiger charge is -2.20. The van der Waals surface area contributed by atoms with E-state index in [1.165, 1.54) is 19.3 Å². The van der Waals surface area contributed by atoms with Crippen LogP contribution in [-0.2, 0) is 4.79 Å². The van der Waals surface area contributed by atoms with Crippen LogP contribution < -0.4 is 5.32 Å². The summed E-state index contributed by atoms with van der Waals surface area (Å²) in [5.74, 6) is -1.02. The van der Waals surface area contributed by atoms with E-state index in [1.807, 2.05) is 42.6 Å². The third kappa shape index (κ3) is 4.38. The molecule has 150 valence electrons. The van der Waals surface area contributed by atoms with Crippen LogP contribution in [0, 0.1) is 0 Å². The number of ketones is 1. The lowest BCUT2D eigenvalue weighted by atomic mass is 9.96. The molecule has 0 spiro atoms. The molecule has 0 unspecified atom stereocenters. The number of hydrogen-bond acceptors (Lipinski definition) is 2. The van der Waals surface area contributed by atoms with Gasteiger partial charge in [0.1, 0.15) is 5.69 Å². The van der Waals surface area contributed by atoms with Gasteiger partial charge in [0.05, 0.1) is 0 Å². The highest BCUT2D eigenvalue weighted by atomic mass is 35.5. The predicted octanol–water partition coefficient (Wildman–Crippen LogP) is 5.67. The molecule has 2 heterocycles. The highest BCUT2D eigenvalue weighted by molar-refractivity contribution is 6.43. The van der Waals surface area contributed by atoms with Crippen molar-refractivity contribution in [3.8, 4) is 11.1 Å². The first-order chi connectivity index (χ1) is 14.1.